The molecule has 1 unspecified atom stereocenters. The molecule has 2 heterocycles. The van der Waals surface area contributed by atoms with Crippen LogP contribution in [0.5, 0.6) is 5.75 Å². The van der Waals surface area contributed by atoms with Crippen LogP contribution in [0.15, 0.2) is 48.7 Å². The van der Waals surface area contributed by atoms with Crippen LogP contribution in [-0.4, -0.2) is 53.0 Å². The van der Waals surface area contributed by atoms with Gasteiger partial charge in [-0.25, -0.2) is 0 Å². The molecule has 0 spiro atoms. The molecule has 2 N–H and O–H groups in total. The summed E-state index contributed by atoms with van der Waals surface area (Å²) in [4.78, 5) is 17.5. The number of hydrogen-bond donors (Lipinski definition) is 2. The van der Waals surface area contributed by atoms with Crippen LogP contribution in [0.25, 0.3) is 0 Å². The van der Waals surface area contributed by atoms with Crippen molar-refractivity contribution >= 4 is 17.7 Å². The molecule has 1 aromatic carbocycles. The molecule has 1 fully saturated rings. The number of rotatable bonds is 8. The van der Waals surface area contributed by atoms with Crippen LogP contribution in [0.1, 0.15) is 16.6 Å². The Labute approximate surface area is 157 Å². The molecule has 0 radical (unpaired) electrons. The van der Waals surface area contributed by atoms with Crippen molar-refractivity contribution in [2.24, 2.45) is 0 Å². The van der Waals surface area contributed by atoms with Gasteiger partial charge in [0.15, 0.2) is 0 Å². The molecule has 6 nitrogen and oxygen atoms in total. The Morgan fingerprint density at radius 1 is 1.35 bits per heavy atom. The molecule has 0 bridgehead atoms. The Hall–Kier alpha value is -2.09. The summed E-state index contributed by atoms with van der Waals surface area (Å²) in [5, 5.41) is 12.2. The third-order valence-electron chi connectivity index (χ3n) is 4.16. The number of pyridine rings is 1. The van der Waals surface area contributed by atoms with E-state index in [0.29, 0.717) is 12.4 Å². The van der Waals surface area contributed by atoms with E-state index < -0.39 is 12.0 Å². The van der Waals surface area contributed by atoms with Crippen LogP contribution in [0, 0.1) is 0 Å². The van der Waals surface area contributed by atoms with Crippen molar-refractivity contribution in [3.63, 3.8) is 0 Å². The van der Waals surface area contributed by atoms with Gasteiger partial charge in [-0.3, -0.25) is 20.0 Å². The summed E-state index contributed by atoms with van der Waals surface area (Å²) in [7, 11) is 2.04. The minimum Gasteiger partial charge on any atom is -0.492 e. The van der Waals surface area contributed by atoms with E-state index in [9.17, 15) is 4.79 Å². The molecule has 1 aliphatic rings. The first-order chi connectivity index (χ1) is 12.6. The summed E-state index contributed by atoms with van der Waals surface area (Å²) in [6, 6.07) is 13.3. The van der Waals surface area contributed by atoms with Crippen molar-refractivity contribution in [1.82, 2.24) is 15.2 Å². The second-order valence-corrected chi connectivity index (χ2v) is 7.39. The summed E-state index contributed by atoms with van der Waals surface area (Å²) < 4.78 is 5.81. The number of likely N-dealkylation sites (N-methyl/N-ethyl adjacent to an activating group) is 1. The second kappa shape index (κ2) is 9.02. The standard InChI is InChI=1S/C19H23N3O3S/c1-22(12-15-4-2-3-9-20-15)10-11-25-16-7-5-14(6-8-16)18-21-17(13-26-18)19(23)24/h2-9,17-18,21H,10-13H2,1H3,(H,23,24)/t17?,18-/m1/s1. The fraction of sp³-hybridized carbons (Fsp3) is 0.368. The molecule has 138 valence electrons. The predicted molar refractivity (Wildman–Crippen MR) is 102 cm³/mol. The van der Waals surface area contributed by atoms with Gasteiger partial charge in [0.25, 0.3) is 0 Å². The molecule has 1 aliphatic heterocycles. The molecule has 2 aromatic rings. The zero-order chi connectivity index (χ0) is 18.4. The van der Waals surface area contributed by atoms with E-state index in [1.54, 1.807) is 18.0 Å². The molecular formula is C19H23N3O3S. The molecule has 26 heavy (non-hydrogen) atoms. The first-order valence-electron chi connectivity index (χ1n) is 8.53. The van der Waals surface area contributed by atoms with E-state index in [1.807, 2.05) is 49.5 Å². The largest absolute Gasteiger partial charge is 0.492 e. The first kappa shape index (κ1) is 18.7. The van der Waals surface area contributed by atoms with Crippen molar-refractivity contribution in [2.45, 2.75) is 18.0 Å². The lowest BCUT2D eigenvalue weighted by Gasteiger charge is -2.17. The number of carbonyl (C=O) groups is 1. The minimum atomic E-state index is -0.797. The highest BCUT2D eigenvalue weighted by atomic mass is 32.2. The second-order valence-electron chi connectivity index (χ2n) is 6.25. The Kier molecular flexibility index (Phi) is 6.49. The number of thioether (sulfide) groups is 1. The van der Waals surface area contributed by atoms with Crippen LogP contribution in [0.4, 0.5) is 0 Å². The average Bonchev–Trinajstić information content (AvgIpc) is 3.14. The molecule has 2 atom stereocenters. The van der Waals surface area contributed by atoms with Gasteiger partial charge >= 0.3 is 5.97 Å². The van der Waals surface area contributed by atoms with Crippen LogP contribution in [0.3, 0.4) is 0 Å². The third-order valence-corrected chi connectivity index (χ3v) is 5.43. The SMILES string of the molecule is CN(CCOc1ccc([C@@H]2NC(C(=O)O)CS2)cc1)Cc1ccccn1. The van der Waals surface area contributed by atoms with Crippen LogP contribution >= 0.6 is 11.8 Å². The summed E-state index contributed by atoms with van der Waals surface area (Å²) in [6.07, 6.45) is 1.80. The van der Waals surface area contributed by atoms with Gasteiger partial charge in [-0.2, -0.15) is 0 Å². The van der Waals surface area contributed by atoms with Gasteiger partial charge in [-0.15, -0.1) is 11.8 Å². The molecule has 1 saturated heterocycles. The predicted octanol–water partition coefficient (Wildman–Crippen LogP) is 2.38. The normalized spacial score (nSPS) is 19.6. The number of nitrogens with zero attached hydrogens (tertiary/aromatic N) is 2. The summed E-state index contributed by atoms with van der Waals surface area (Å²) in [5.74, 6) is 0.605. The maximum atomic E-state index is 11.0. The van der Waals surface area contributed by atoms with Crippen molar-refractivity contribution < 1.29 is 14.6 Å². The zero-order valence-corrected chi connectivity index (χ0v) is 15.5. The highest BCUT2D eigenvalue weighted by Gasteiger charge is 2.30. The first-order valence-corrected chi connectivity index (χ1v) is 9.58. The quantitative estimate of drug-likeness (QED) is 0.736. The number of hydrogen-bond acceptors (Lipinski definition) is 6. The average molecular weight is 373 g/mol. The number of ether oxygens (including phenoxy) is 1. The lowest BCUT2D eigenvalue weighted by molar-refractivity contribution is -0.138. The van der Waals surface area contributed by atoms with E-state index in [0.717, 1.165) is 30.1 Å². The Morgan fingerprint density at radius 3 is 2.81 bits per heavy atom. The summed E-state index contributed by atoms with van der Waals surface area (Å²) >= 11 is 1.62. The van der Waals surface area contributed by atoms with Crippen molar-refractivity contribution in [2.75, 3.05) is 26.0 Å². The number of carboxylic acids is 1. The number of benzene rings is 1. The minimum absolute atomic E-state index is 0.0228. The molecule has 0 aliphatic carbocycles. The van der Waals surface area contributed by atoms with Crippen LogP contribution < -0.4 is 10.1 Å². The Balaban J connectivity index is 1.42. The number of aliphatic carboxylic acids is 1. The summed E-state index contributed by atoms with van der Waals surface area (Å²) in [6.45, 7) is 2.19. The number of carboxylic acid groups (broad SMARTS) is 1. The number of nitrogens with one attached hydrogen (secondary N) is 1. The molecular weight excluding hydrogens is 350 g/mol. The van der Waals surface area contributed by atoms with E-state index in [4.69, 9.17) is 9.84 Å². The molecule has 0 saturated carbocycles. The lowest BCUT2D eigenvalue weighted by Crippen LogP contribution is -2.33. The van der Waals surface area contributed by atoms with Crippen molar-refractivity contribution in [3.8, 4) is 5.75 Å². The van der Waals surface area contributed by atoms with Gasteiger partial charge in [-0.1, -0.05) is 18.2 Å². The summed E-state index contributed by atoms with van der Waals surface area (Å²) in [5.41, 5.74) is 2.11. The van der Waals surface area contributed by atoms with Crippen LogP contribution in [0.2, 0.25) is 0 Å². The van der Waals surface area contributed by atoms with Crippen LogP contribution in [-0.2, 0) is 11.3 Å². The molecule has 3 rings (SSSR count). The third kappa shape index (κ3) is 5.20. The molecule has 7 heteroatoms. The highest BCUT2D eigenvalue weighted by Crippen LogP contribution is 2.33. The maximum absolute atomic E-state index is 11.0. The highest BCUT2D eigenvalue weighted by molar-refractivity contribution is 7.99. The van der Waals surface area contributed by atoms with Gasteiger partial charge < -0.3 is 9.84 Å². The molecule has 1 aromatic heterocycles. The Bertz CT molecular complexity index is 712. The van der Waals surface area contributed by atoms with Gasteiger partial charge in [0, 0.05) is 25.0 Å². The molecule has 0 amide bonds. The monoisotopic (exact) mass is 373 g/mol. The fourth-order valence-corrected chi connectivity index (χ4v) is 3.95. The van der Waals surface area contributed by atoms with Gasteiger partial charge in [0.2, 0.25) is 0 Å². The Morgan fingerprint density at radius 2 is 2.15 bits per heavy atom. The topological polar surface area (TPSA) is 74.7 Å². The van der Waals surface area contributed by atoms with Gasteiger partial charge in [-0.05, 0) is 36.9 Å². The zero-order valence-electron chi connectivity index (χ0n) is 14.7. The van der Waals surface area contributed by atoms with Gasteiger partial charge in [0.1, 0.15) is 18.4 Å². The lowest BCUT2D eigenvalue weighted by atomic mass is 10.2. The van der Waals surface area contributed by atoms with E-state index in [-0.39, 0.29) is 5.37 Å². The van der Waals surface area contributed by atoms with E-state index >= 15 is 0 Å². The number of aromatic nitrogens is 1. The van der Waals surface area contributed by atoms with E-state index in [2.05, 4.69) is 15.2 Å². The van der Waals surface area contributed by atoms with Gasteiger partial charge in [0.05, 0.1) is 11.1 Å². The van der Waals surface area contributed by atoms with Crippen molar-refractivity contribution in [1.29, 1.82) is 0 Å². The maximum Gasteiger partial charge on any atom is 0.321 e. The van der Waals surface area contributed by atoms with E-state index in [1.165, 1.54) is 0 Å². The van der Waals surface area contributed by atoms with Crippen molar-refractivity contribution in [3.05, 3.63) is 59.9 Å². The fourth-order valence-electron chi connectivity index (χ4n) is 2.71. The smallest absolute Gasteiger partial charge is 0.321 e.